The second-order valence-corrected chi connectivity index (χ2v) is 2.74. The number of hydrogen-bond donors (Lipinski definition) is 2. The first-order valence-corrected chi connectivity index (χ1v) is 3.80. The summed E-state index contributed by atoms with van der Waals surface area (Å²) in [5.41, 5.74) is 0. The van der Waals surface area contributed by atoms with Gasteiger partial charge >= 0.3 is 0 Å². The molecule has 1 amide bonds. The molecule has 0 fully saturated rings. The minimum Gasteiger partial charge on any atom is -0.351 e. The lowest BCUT2D eigenvalue weighted by Gasteiger charge is -2.06. The fraction of sp³-hybridized carbons (Fsp3) is 0.571. The minimum atomic E-state index is -0.132. The van der Waals surface area contributed by atoms with E-state index in [1.807, 2.05) is 6.92 Å². The predicted molar refractivity (Wildman–Crippen MR) is 46.3 cm³/mol. The Kier molecular flexibility index (Phi) is 5.12. The molecule has 0 radical (unpaired) electrons. The summed E-state index contributed by atoms with van der Waals surface area (Å²) >= 11 is 4.19. The monoisotopic (exact) mass is 159 g/mol. The fourth-order valence-electron chi connectivity index (χ4n) is 0.435. The van der Waals surface area contributed by atoms with E-state index in [2.05, 4.69) is 24.5 Å². The van der Waals surface area contributed by atoms with Crippen LogP contribution in [0.25, 0.3) is 0 Å². The molecule has 0 heterocycles. The van der Waals surface area contributed by atoms with Crippen LogP contribution in [0.1, 0.15) is 13.3 Å². The van der Waals surface area contributed by atoms with Crippen LogP contribution in [0.15, 0.2) is 12.7 Å². The molecule has 1 atom stereocenters. The van der Waals surface area contributed by atoms with Crippen molar-refractivity contribution in [3.63, 3.8) is 0 Å². The van der Waals surface area contributed by atoms with E-state index in [4.69, 9.17) is 0 Å². The van der Waals surface area contributed by atoms with Crippen LogP contribution in [0.4, 0.5) is 0 Å². The van der Waals surface area contributed by atoms with Crippen LogP contribution in [-0.4, -0.2) is 17.7 Å². The van der Waals surface area contributed by atoms with Gasteiger partial charge in [-0.25, -0.2) is 0 Å². The van der Waals surface area contributed by atoms with Gasteiger partial charge in [0.2, 0.25) is 5.91 Å². The molecule has 0 rings (SSSR count). The number of hydrogen-bond acceptors (Lipinski definition) is 2. The molecule has 0 saturated carbocycles. The Hall–Kier alpha value is -0.440. The number of amides is 1. The zero-order chi connectivity index (χ0) is 7.98. The lowest BCUT2D eigenvalue weighted by Crippen LogP contribution is -2.27. The molecule has 0 aliphatic rings. The summed E-state index contributed by atoms with van der Waals surface area (Å²) in [4.78, 5) is 10.6. The van der Waals surface area contributed by atoms with Gasteiger partial charge in [-0.05, 0) is 12.5 Å². The summed E-state index contributed by atoms with van der Waals surface area (Å²) < 4.78 is 0. The average molecular weight is 159 g/mol. The number of carbonyl (C=O) groups excluding carboxylic acids is 1. The molecule has 0 aliphatic carbocycles. The minimum absolute atomic E-state index is 0.132. The maximum atomic E-state index is 10.6. The van der Waals surface area contributed by atoms with Gasteiger partial charge in [0, 0.05) is 11.8 Å². The van der Waals surface area contributed by atoms with Crippen molar-refractivity contribution < 1.29 is 4.79 Å². The van der Waals surface area contributed by atoms with Crippen LogP contribution in [-0.2, 0) is 4.79 Å². The lowest BCUT2D eigenvalue weighted by molar-refractivity contribution is -0.116. The normalized spacial score (nSPS) is 12.2. The van der Waals surface area contributed by atoms with E-state index in [-0.39, 0.29) is 11.2 Å². The van der Waals surface area contributed by atoms with E-state index in [9.17, 15) is 4.79 Å². The van der Waals surface area contributed by atoms with Gasteiger partial charge in [-0.15, -0.1) is 0 Å². The van der Waals surface area contributed by atoms with Crippen LogP contribution in [0.5, 0.6) is 0 Å². The first kappa shape index (κ1) is 9.56. The third kappa shape index (κ3) is 4.44. The molecule has 58 valence electrons. The van der Waals surface area contributed by atoms with E-state index in [1.165, 1.54) is 6.08 Å². The summed E-state index contributed by atoms with van der Waals surface area (Å²) in [5.74, 6) is -0.132. The molecule has 3 heteroatoms. The number of nitrogens with one attached hydrogen (secondary N) is 1. The molecular weight excluding hydrogens is 146 g/mol. The lowest BCUT2D eigenvalue weighted by atomic mass is 10.3. The van der Waals surface area contributed by atoms with Gasteiger partial charge < -0.3 is 5.32 Å². The van der Waals surface area contributed by atoms with Crippen molar-refractivity contribution in [3.8, 4) is 0 Å². The maximum Gasteiger partial charge on any atom is 0.243 e. The van der Waals surface area contributed by atoms with Gasteiger partial charge in [-0.2, -0.15) is 12.6 Å². The Morgan fingerprint density at radius 1 is 1.90 bits per heavy atom. The van der Waals surface area contributed by atoms with E-state index < -0.39 is 0 Å². The number of thiol groups is 1. The van der Waals surface area contributed by atoms with E-state index in [1.54, 1.807) is 0 Å². The average Bonchev–Trinajstić information content (AvgIpc) is 1.99. The molecular formula is C7H13NOS. The highest BCUT2D eigenvalue weighted by Crippen LogP contribution is 1.96. The maximum absolute atomic E-state index is 10.6. The first-order chi connectivity index (χ1) is 4.70. The van der Waals surface area contributed by atoms with Gasteiger partial charge in [0.1, 0.15) is 0 Å². The van der Waals surface area contributed by atoms with Gasteiger partial charge in [-0.1, -0.05) is 13.5 Å². The van der Waals surface area contributed by atoms with Gasteiger partial charge in [0.25, 0.3) is 0 Å². The molecule has 10 heavy (non-hydrogen) atoms. The highest BCUT2D eigenvalue weighted by molar-refractivity contribution is 7.81. The zero-order valence-electron chi connectivity index (χ0n) is 6.13. The first-order valence-electron chi connectivity index (χ1n) is 3.29. The Bertz CT molecular complexity index is 125. The van der Waals surface area contributed by atoms with Crippen molar-refractivity contribution in [1.29, 1.82) is 0 Å². The van der Waals surface area contributed by atoms with Crippen LogP contribution < -0.4 is 5.32 Å². The Labute approximate surface area is 67.1 Å². The molecule has 1 N–H and O–H groups in total. The molecule has 0 bridgehead atoms. The fourth-order valence-corrected chi connectivity index (χ4v) is 0.526. The zero-order valence-corrected chi connectivity index (χ0v) is 7.03. The molecule has 0 saturated heterocycles. The van der Waals surface area contributed by atoms with Crippen LogP contribution in [0.3, 0.4) is 0 Å². The smallest absolute Gasteiger partial charge is 0.243 e. The SMILES string of the molecule is C=CC(=O)NCC(S)CC. The largest absolute Gasteiger partial charge is 0.351 e. The molecule has 1 unspecified atom stereocenters. The molecule has 2 nitrogen and oxygen atoms in total. The second kappa shape index (κ2) is 5.35. The van der Waals surface area contributed by atoms with Crippen molar-refractivity contribution in [2.24, 2.45) is 0 Å². The predicted octanol–water partition coefficient (Wildman–Crippen LogP) is 0.997. The summed E-state index contributed by atoms with van der Waals surface area (Å²) in [7, 11) is 0. The highest BCUT2D eigenvalue weighted by Gasteiger charge is 1.99. The van der Waals surface area contributed by atoms with Crippen molar-refractivity contribution in [1.82, 2.24) is 5.32 Å². The van der Waals surface area contributed by atoms with E-state index >= 15 is 0 Å². The van der Waals surface area contributed by atoms with E-state index in [0.717, 1.165) is 6.42 Å². The third-order valence-corrected chi connectivity index (χ3v) is 1.72. The highest BCUT2D eigenvalue weighted by atomic mass is 32.1. The Morgan fingerprint density at radius 3 is 2.90 bits per heavy atom. The van der Waals surface area contributed by atoms with Crippen molar-refractivity contribution in [2.75, 3.05) is 6.54 Å². The summed E-state index contributed by atoms with van der Waals surface area (Å²) in [6.07, 6.45) is 2.22. The van der Waals surface area contributed by atoms with Crippen molar-refractivity contribution >= 4 is 18.5 Å². The summed E-state index contributed by atoms with van der Waals surface area (Å²) in [5, 5.41) is 2.90. The van der Waals surface area contributed by atoms with Crippen LogP contribution in [0.2, 0.25) is 0 Å². The van der Waals surface area contributed by atoms with E-state index in [0.29, 0.717) is 6.54 Å². The van der Waals surface area contributed by atoms with Gasteiger partial charge in [0.15, 0.2) is 0 Å². The topological polar surface area (TPSA) is 29.1 Å². The number of rotatable bonds is 4. The summed E-state index contributed by atoms with van der Waals surface area (Å²) in [6.45, 7) is 5.97. The standard InChI is InChI=1S/C7H13NOS/c1-3-6(10)5-8-7(9)4-2/h4,6,10H,2-3,5H2,1H3,(H,8,9). The Morgan fingerprint density at radius 2 is 2.50 bits per heavy atom. The quantitative estimate of drug-likeness (QED) is 0.465. The summed E-state index contributed by atoms with van der Waals surface area (Å²) in [6, 6.07) is 0. The third-order valence-electron chi connectivity index (χ3n) is 1.17. The van der Waals surface area contributed by atoms with Gasteiger partial charge in [-0.3, -0.25) is 4.79 Å². The molecule has 0 aromatic heterocycles. The van der Waals surface area contributed by atoms with Crippen molar-refractivity contribution in [2.45, 2.75) is 18.6 Å². The second-order valence-electron chi connectivity index (χ2n) is 2.01. The molecule has 0 aliphatic heterocycles. The van der Waals surface area contributed by atoms with Crippen LogP contribution >= 0.6 is 12.6 Å². The number of carbonyl (C=O) groups is 1. The van der Waals surface area contributed by atoms with Crippen LogP contribution in [0, 0.1) is 0 Å². The van der Waals surface area contributed by atoms with Crippen molar-refractivity contribution in [3.05, 3.63) is 12.7 Å². The molecule has 0 aromatic rings. The Balaban J connectivity index is 3.34. The van der Waals surface area contributed by atoms with Gasteiger partial charge in [0.05, 0.1) is 0 Å². The molecule has 0 aromatic carbocycles. The molecule has 0 spiro atoms.